The first kappa shape index (κ1) is 30.4. The minimum atomic E-state index is -0.601. The highest BCUT2D eigenvalue weighted by Crippen LogP contribution is 2.70. The highest BCUT2D eigenvalue weighted by Gasteiger charge is 2.73. The van der Waals surface area contributed by atoms with E-state index in [4.69, 9.17) is 9.47 Å². The maximum absolute atomic E-state index is 14.9. The number of nitrogens with one attached hydrogen (secondary N) is 1. The van der Waals surface area contributed by atoms with Crippen molar-refractivity contribution in [2.75, 3.05) is 72.2 Å². The Hall–Kier alpha value is -2.25. The third kappa shape index (κ3) is 6.12. The Morgan fingerprint density at radius 3 is 2.41 bits per heavy atom. The van der Waals surface area contributed by atoms with E-state index in [-0.39, 0.29) is 10.9 Å². The number of aliphatic carboxylic acids is 1. The topological polar surface area (TPSA) is 111 Å². The van der Waals surface area contributed by atoms with Crippen LogP contribution in [-0.2, 0) is 15.3 Å². The molecule has 3 aliphatic carbocycles. The molecule has 3 aliphatic heterocycles. The lowest BCUT2D eigenvalue weighted by atomic mass is 9.38. The number of ether oxygens (including phenoxy) is 2. The van der Waals surface area contributed by atoms with Crippen LogP contribution in [0.25, 0.3) is 10.9 Å². The molecule has 0 atom stereocenters. The molecule has 0 amide bonds. The predicted molar refractivity (Wildman–Crippen MR) is 167 cm³/mol. The fourth-order valence-electron chi connectivity index (χ4n) is 8.05. The molecule has 2 aromatic rings. The first-order valence-electron chi connectivity index (χ1n) is 16.3. The molecule has 1 aromatic carbocycles. The fourth-order valence-corrected chi connectivity index (χ4v) is 9.11. The first-order valence-corrected chi connectivity index (χ1v) is 17.3. The molecule has 1 aromatic heterocycles. The highest BCUT2D eigenvalue weighted by atomic mass is 32.2. The van der Waals surface area contributed by atoms with Gasteiger partial charge in [0.15, 0.2) is 0 Å². The summed E-state index contributed by atoms with van der Waals surface area (Å²) in [5, 5.41) is 9.89. The van der Waals surface area contributed by atoms with Gasteiger partial charge in [0.25, 0.3) is 5.56 Å². The van der Waals surface area contributed by atoms with Gasteiger partial charge in [-0.2, -0.15) is 11.8 Å². The summed E-state index contributed by atoms with van der Waals surface area (Å²) in [6.45, 7) is 10.5. The van der Waals surface area contributed by atoms with Crippen LogP contribution in [0.1, 0.15) is 50.8 Å². The molecule has 6 aliphatic rings. The monoisotopic (exact) mass is 629 g/mol. The summed E-state index contributed by atoms with van der Waals surface area (Å²) in [6, 6.07) is 3.01. The zero-order valence-corrected chi connectivity index (χ0v) is 26.2. The number of fused-ring (bicyclic) bond motifs is 1. The lowest BCUT2D eigenvalue weighted by Crippen LogP contribution is -2.78. The number of piperazine rings is 1. The number of hydrogen-bond donors (Lipinski definition) is 2. The number of aromatic nitrogens is 2. The van der Waals surface area contributed by atoms with Gasteiger partial charge in [-0.25, -0.2) is 9.37 Å². The summed E-state index contributed by atoms with van der Waals surface area (Å²) in [4.78, 5) is 39.1. The predicted octanol–water partition coefficient (Wildman–Crippen LogP) is 3.19. The molecule has 44 heavy (non-hydrogen) atoms. The molecule has 4 heterocycles. The average molecular weight is 630 g/mol. The van der Waals surface area contributed by atoms with Crippen LogP contribution in [0, 0.1) is 17.2 Å². The van der Waals surface area contributed by atoms with Gasteiger partial charge in [0.05, 0.1) is 23.3 Å². The van der Waals surface area contributed by atoms with Crippen molar-refractivity contribution in [3.8, 4) is 5.75 Å². The number of rotatable bonds is 11. The molecular weight excluding hydrogens is 585 g/mol. The second-order valence-electron chi connectivity index (χ2n) is 13.7. The van der Waals surface area contributed by atoms with Gasteiger partial charge in [0.2, 0.25) is 0 Å². The minimum absolute atomic E-state index is 0.0159. The van der Waals surface area contributed by atoms with Crippen LogP contribution in [0.3, 0.4) is 0 Å². The van der Waals surface area contributed by atoms with Crippen LogP contribution >= 0.6 is 11.8 Å². The zero-order chi connectivity index (χ0) is 30.3. The van der Waals surface area contributed by atoms with Crippen molar-refractivity contribution in [2.45, 2.75) is 61.5 Å². The molecule has 12 heteroatoms. The Morgan fingerprint density at radius 1 is 1.05 bits per heavy atom. The van der Waals surface area contributed by atoms with Crippen LogP contribution < -0.4 is 10.3 Å². The van der Waals surface area contributed by atoms with E-state index >= 15 is 0 Å². The maximum Gasteiger partial charge on any atom is 0.309 e. The number of piperidine rings is 1. The maximum atomic E-state index is 14.9. The molecule has 3 saturated carbocycles. The minimum Gasteiger partial charge on any atom is -0.493 e. The highest BCUT2D eigenvalue weighted by molar-refractivity contribution is 7.99. The number of likely N-dealkylation sites (tertiary alicyclic amines) is 1. The molecule has 8 rings (SSSR count). The second kappa shape index (κ2) is 12.5. The Labute approximate surface area is 261 Å². The lowest BCUT2D eigenvalue weighted by Gasteiger charge is -2.72. The van der Waals surface area contributed by atoms with Crippen molar-refractivity contribution in [3.05, 3.63) is 34.1 Å². The molecule has 2 bridgehead atoms. The average Bonchev–Trinajstić information content (AvgIpc) is 2.98. The summed E-state index contributed by atoms with van der Waals surface area (Å²) >= 11 is 1.76. The summed E-state index contributed by atoms with van der Waals surface area (Å²) in [5.41, 5.74) is -0.311. The number of aromatic amines is 1. The summed E-state index contributed by atoms with van der Waals surface area (Å²) < 4.78 is 26.4. The van der Waals surface area contributed by atoms with Gasteiger partial charge >= 0.3 is 5.97 Å². The Balaban J connectivity index is 0.836. The van der Waals surface area contributed by atoms with E-state index < -0.39 is 22.8 Å². The van der Waals surface area contributed by atoms with E-state index in [1.807, 2.05) is 0 Å². The number of carbonyl (C=O) groups is 1. The van der Waals surface area contributed by atoms with E-state index in [1.165, 1.54) is 6.07 Å². The SMILES string of the molecule is O=C(O)C12CC(N3CCN(CCN4CCC(COc5cc(F)c6c(=O)[nH]c(CSC7CCOCC7)nc6c5)CC4)CC3)(C1)C2. The number of carboxylic acid groups (broad SMARTS) is 1. The summed E-state index contributed by atoms with van der Waals surface area (Å²) in [6.07, 6.45) is 6.61. The first-order chi connectivity index (χ1) is 21.3. The number of halogens is 1. The van der Waals surface area contributed by atoms with Crippen LogP contribution in [0.15, 0.2) is 16.9 Å². The van der Waals surface area contributed by atoms with Gasteiger partial charge in [-0.1, -0.05) is 0 Å². The summed E-state index contributed by atoms with van der Waals surface area (Å²) in [5.74, 6) is 0.777. The Kier molecular flexibility index (Phi) is 8.64. The zero-order valence-electron chi connectivity index (χ0n) is 25.4. The number of benzene rings is 1. The number of H-pyrrole nitrogens is 1. The van der Waals surface area contributed by atoms with Gasteiger partial charge < -0.3 is 24.5 Å². The Bertz CT molecular complexity index is 1400. The van der Waals surface area contributed by atoms with Gasteiger partial charge in [-0.3, -0.25) is 19.4 Å². The summed E-state index contributed by atoms with van der Waals surface area (Å²) in [7, 11) is 0. The fraction of sp³-hybridized carbons (Fsp3) is 0.719. The van der Waals surface area contributed by atoms with E-state index in [0.717, 1.165) is 111 Å². The van der Waals surface area contributed by atoms with Crippen LogP contribution in [0.2, 0.25) is 0 Å². The third-order valence-electron chi connectivity index (χ3n) is 10.8. The van der Waals surface area contributed by atoms with Crippen molar-refractivity contribution in [1.29, 1.82) is 0 Å². The molecule has 240 valence electrons. The van der Waals surface area contributed by atoms with Crippen molar-refractivity contribution in [1.82, 2.24) is 24.7 Å². The third-order valence-corrected chi connectivity index (χ3v) is 12.2. The molecule has 6 fully saturated rings. The van der Waals surface area contributed by atoms with E-state index in [9.17, 15) is 19.1 Å². The Morgan fingerprint density at radius 2 is 1.73 bits per heavy atom. The van der Waals surface area contributed by atoms with E-state index in [2.05, 4.69) is 24.7 Å². The van der Waals surface area contributed by atoms with Gasteiger partial charge in [0.1, 0.15) is 22.8 Å². The number of nitrogens with zero attached hydrogens (tertiary/aromatic N) is 4. The molecule has 3 saturated heterocycles. The molecule has 0 radical (unpaired) electrons. The lowest BCUT2D eigenvalue weighted by molar-refractivity contribution is -0.235. The molecule has 0 unspecified atom stereocenters. The molecular formula is C32H44FN5O5S. The van der Waals surface area contributed by atoms with E-state index in [1.54, 1.807) is 17.8 Å². The van der Waals surface area contributed by atoms with Crippen molar-refractivity contribution in [2.24, 2.45) is 11.3 Å². The molecule has 2 N–H and O–H groups in total. The van der Waals surface area contributed by atoms with Crippen molar-refractivity contribution >= 4 is 28.6 Å². The van der Waals surface area contributed by atoms with Crippen molar-refractivity contribution < 1.29 is 23.8 Å². The van der Waals surface area contributed by atoms with Crippen LogP contribution in [0.4, 0.5) is 4.39 Å². The van der Waals surface area contributed by atoms with Crippen LogP contribution in [0.5, 0.6) is 5.75 Å². The van der Waals surface area contributed by atoms with Crippen LogP contribution in [-0.4, -0.2) is 119 Å². The largest absolute Gasteiger partial charge is 0.493 e. The number of carboxylic acids is 1. The van der Waals surface area contributed by atoms with Gasteiger partial charge in [0, 0.05) is 75.4 Å². The molecule has 10 nitrogen and oxygen atoms in total. The quantitative estimate of drug-likeness (QED) is 0.385. The van der Waals surface area contributed by atoms with Gasteiger partial charge in [-0.15, -0.1) is 0 Å². The normalized spacial score (nSPS) is 28.9. The second-order valence-corrected chi connectivity index (χ2v) is 15.0. The standard InChI is InChI=1S/C32H44FN5O5S/c33-25-15-23(16-26-28(25)29(39)35-27(34-26)18-44-24-3-13-42-14-4-24)43-17-22-1-5-36(6-2-22)7-8-37-9-11-38(12-10-37)32-19-31(20-32,21-32)30(40)41/h15-16,22,24H,1-14,17-21H2,(H,40,41)(H,34,35,39). The smallest absolute Gasteiger partial charge is 0.309 e. The molecule has 0 spiro atoms. The van der Waals surface area contributed by atoms with Crippen molar-refractivity contribution in [3.63, 3.8) is 0 Å². The van der Waals surface area contributed by atoms with Gasteiger partial charge in [-0.05, 0) is 64.0 Å². The number of hydrogen-bond acceptors (Lipinski definition) is 9. The van der Waals surface area contributed by atoms with E-state index in [0.29, 0.717) is 40.6 Å². The number of thioether (sulfide) groups is 1.